The Morgan fingerprint density at radius 1 is 1.35 bits per heavy atom. The number of hydrogen-bond acceptors (Lipinski definition) is 7. The predicted octanol–water partition coefficient (Wildman–Crippen LogP) is 0.681. The second-order valence-electron chi connectivity index (χ2n) is 6.04. The normalized spacial score (nSPS) is 29.7. The Morgan fingerprint density at radius 3 is 2.62 bits per heavy atom. The maximum absolute atomic E-state index is 13.5. The van der Waals surface area contributed by atoms with Crippen molar-refractivity contribution < 1.29 is 28.8 Å². The van der Waals surface area contributed by atoms with Gasteiger partial charge in [0.2, 0.25) is 0 Å². The molecule has 0 amide bonds. The zero-order valence-electron chi connectivity index (χ0n) is 14.5. The molecular weight excluding hydrogens is 366 g/mol. The van der Waals surface area contributed by atoms with E-state index in [1.165, 1.54) is 31.0 Å². The maximum Gasteiger partial charge on any atom is 0.161 e. The summed E-state index contributed by atoms with van der Waals surface area (Å²) >= 11 is 1.34. The molecule has 1 aromatic rings. The molecule has 1 fully saturated rings. The summed E-state index contributed by atoms with van der Waals surface area (Å²) in [5.74, 6) is -1.27. The molecule has 26 heavy (non-hydrogen) atoms. The van der Waals surface area contributed by atoms with Gasteiger partial charge in [-0.05, 0) is 30.4 Å². The first-order valence-corrected chi connectivity index (χ1v) is 9.26. The van der Waals surface area contributed by atoms with Gasteiger partial charge < -0.3 is 31.1 Å². The van der Waals surface area contributed by atoms with Crippen molar-refractivity contribution in [1.82, 2.24) is 5.32 Å². The van der Waals surface area contributed by atoms with E-state index in [4.69, 9.17) is 10.5 Å². The topological polar surface area (TPSA) is 108 Å². The van der Waals surface area contributed by atoms with E-state index in [1.807, 2.05) is 6.92 Å². The van der Waals surface area contributed by atoms with Crippen molar-refractivity contribution in [3.05, 3.63) is 41.1 Å². The number of halogens is 2. The van der Waals surface area contributed by atoms with Gasteiger partial charge in [-0.1, -0.05) is 6.92 Å². The number of hydrogen-bond donors (Lipinski definition) is 5. The van der Waals surface area contributed by atoms with E-state index in [2.05, 4.69) is 5.32 Å². The second kappa shape index (κ2) is 9.01. The van der Waals surface area contributed by atoms with Gasteiger partial charge in [0, 0.05) is 11.8 Å². The summed E-state index contributed by atoms with van der Waals surface area (Å²) in [6.07, 6.45) is -1.79. The van der Waals surface area contributed by atoms with Crippen LogP contribution in [-0.2, 0) is 4.74 Å². The molecule has 0 aromatic heterocycles. The van der Waals surface area contributed by atoms with Crippen LogP contribution in [0.25, 0.3) is 5.70 Å². The quantitative estimate of drug-likeness (QED) is 0.486. The molecule has 0 saturated carbocycles. The van der Waals surface area contributed by atoms with Crippen molar-refractivity contribution >= 4 is 17.5 Å². The Balaban J connectivity index is 2.20. The van der Waals surface area contributed by atoms with E-state index >= 15 is 0 Å². The van der Waals surface area contributed by atoms with E-state index in [-0.39, 0.29) is 16.8 Å². The Hall–Kier alpha value is -1.39. The first-order chi connectivity index (χ1) is 12.3. The summed E-state index contributed by atoms with van der Waals surface area (Å²) in [6.45, 7) is 2.91. The molecular formula is C17H24F2N2O4S. The SMILES string of the molecule is CCSC1OC(CO)C(O)C(N/C=C(\N)c2cc(C)c(F)c(F)c2)C1O. The van der Waals surface area contributed by atoms with Crippen LogP contribution in [0.2, 0.25) is 0 Å². The predicted molar refractivity (Wildman–Crippen MR) is 96.1 cm³/mol. The van der Waals surface area contributed by atoms with Gasteiger partial charge in [0.1, 0.15) is 23.7 Å². The number of ether oxygens (including phenoxy) is 1. The second-order valence-corrected chi connectivity index (χ2v) is 7.42. The number of benzene rings is 1. The van der Waals surface area contributed by atoms with Crippen LogP contribution < -0.4 is 11.1 Å². The molecule has 1 heterocycles. The van der Waals surface area contributed by atoms with Crippen molar-refractivity contribution in [2.45, 2.75) is 43.6 Å². The van der Waals surface area contributed by atoms with Crippen LogP contribution >= 0.6 is 11.8 Å². The summed E-state index contributed by atoms with van der Waals surface area (Å²) in [4.78, 5) is 0. The van der Waals surface area contributed by atoms with Crippen molar-refractivity contribution in [2.24, 2.45) is 5.73 Å². The first kappa shape index (κ1) is 20.9. The lowest BCUT2D eigenvalue weighted by atomic mass is 9.97. The Bertz CT molecular complexity index is 639. The summed E-state index contributed by atoms with van der Waals surface area (Å²) < 4.78 is 32.4. The number of aliphatic hydroxyl groups excluding tert-OH is 3. The van der Waals surface area contributed by atoms with Crippen LogP contribution in [0, 0.1) is 18.6 Å². The Morgan fingerprint density at radius 2 is 2.04 bits per heavy atom. The number of nitrogens with one attached hydrogen (secondary N) is 1. The number of rotatable bonds is 6. The molecule has 1 saturated heterocycles. The minimum Gasteiger partial charge on any atom is -0.397 e. The fraction of sp³-hybridized carbons (Fsp3) is 0.529. The highest BCUT2D eigenvalue weighted by Gasteiger charge is 2.43. The van der Waals surface area contributed by atoms with Gasteiger partial charge in [-0.2, -0.15) is 0 Å². The lowest BCUT2D eigenvalue weighted by Gasteiger charge is -2.42. The van der Waals surface area contributed by atoms with Gasteiger partial charge in [0.05, 0.1) is 18.3 Å². The third-order valence-corrected chi connectivity index (χ3v) is 5.24. The van der Waals surface area contributed by atoms with E-state index in [1.54, 1.807) is 0 Å². The molecule has 2 rings (SSSR count). The average Bonchev–Trinajstić information content (AvgIpc) is 2.61. The van der Waals surface area contributed by atoms with Crippen molar-refractivity contribution in [3.8, 4) is 0 Å². The van der Waals surface area contributed by atoms with Gasteiger partial charge in [-0.15, -0.1) is 11.8 Å². The van der Waals surface area contributed by atoms with Gasteiger partial charge in [-0.25, -0.2) is 8.78 Å². The highest BCUT2D eigenvalue weighted by molar-refractivity contribution is 7.99. The van der Waals surface area contributed by atoms with Gasteiger partial charge in [0.25, 0.3) is 0 Å². The fourth-order valence-corrected chi connectivity index (χ4v) is 3.66. The number of thioether (sulfide) groups is 1. The van der Waals surface area contributed by atoms with E-state index < -0.39 is 48.0 Å². The molecule has 1 aliphatic heterocycles. The molecule has 146 valence electrons. The molecule has 1 aromatic carbocycles. The molecule has 0 bridgehead atoms. The van der Waals surface area contributed by atoms with Crippen LogP contribution in [-0.4, -0.2) is 57.5 Å². The zero-order valence-corrected chi connectivity index (χ0v) is 15.3. The fourth-order valence-electron chi connectivity index (χ4n) is 2.75. The molecule has 1 aliphatic rings. The summed E-state index contributed by atoms with van der Waals surface area (Å²) in [6, 6.07) is 1.52. The average molecular weight is 390 g/mol. The molecule has 0 radical (unpaired) electrons. The zero-order chi connectivity index (χ0) is 19.4. The number of nitrogens with two attached hydrogens (primary N) is 1. The molecule has 9 heteroatoms. The van der Waals surface area contributed by atoms with Gasteiger partial charge in [-0.3, -0.25) is 0 Å². The van der Waals surface area contributed by atoms with Crippen LogP contribution in [0.1, 0.15) is 18.1 Å². The van der Waals surface area contributed by atoms with E-state index in [9.17, 15) is 24.1 Å². The van der Waals surface area contributed by atoms with Gasteiger partial charge >= 0.3 is 0 Å². The number of aliphatic hydroxyl groups is 3. The Kier molecular flexibility index (Phi) is 7.24. The van der Waals surface area contributed by atoms with Crippen LogP contribution in [0.4, 0.5) is 8.78 Å². The van der Waals surface area contributed by atoms with Crippen molar-refractivity contribution in [2.75, 3.05) is 12.4 Å². The molecule has 5 atom stereocenters. The van der Waals surface area contributed by atoms with Crippen molar-refractivity contribution in [1.29, 1.82) is 0 Å². The lowest BCUT2D eigenvalue weighted by molar-refractivity contribution is -0.164. The van der Waals surface area contributed by atoms with E-state index in [0.717, 1.165) is 6.07 Å². The number of aryl methyl sites for hydroxylation is 1. The third-order valence-electron chi connectivity index (χ3n) is 4.19. The third kappa shape index (κ3) is 4.47. The highest BCUT2D eigenvalue weighted by atomic mass is 32.2. The Labute approximate surface area is 155 Å². The smallest absolute Gasteiger partial charge is 0.161 e. The van der Waals surface area contributed by atoms with Gasteiger partial charge in [0.15, 0.2) is 11.6 Å². The standard InChI is InChI=1S/C17H24F2N2O4S/c1-3-26-17-16(24)14(15(23)12(7-22)25-17)21-6-11(20)9-4-8(2)13(19)10(18)5-9/h4-6,12,14-17,21-24H,3,7,20H2,1-2H3/b11-6-. The van der Waals surface area contributed by atoms with Crippen LogP contribution in [0.3, 0.4) is 0 Å². The maximum atomic E-state index is 13.5. The largest absolute Gasteiger partial charge is 0.397 e. The molecule has 0 aliphatic carbocycles. The first-order valence-electron chi connectivity index (χ1n) is 8.21. The molecule has 5 unspecified atom stereocenters. The van der Waals surface area contributed by atoms with Crippen LogP contribution in [0.5, 0.6) is 0 Å². The van der Waals surface area contributed by atoms with Crippen LogP contribution in [0.15, 0.2) is 18.3 Å². The minimum atomic E-state index is -1.18. The highest BCUT2D eigenvalue weighted by Crippen LogP contribution is 2.28. The van der Waals surface area contributed by atoms with E-state index in [0.29, 0.717) is 5.75 Å². The molecule has 6 nitrogen and oxygen atoms in total. The summed E-state index contributed by atoms with van der Waals surface area (Å²) in [7, 11) is 0. The summed E-state index contributed by atoms with van der Waals surface area (Å²) in [5, 5.41) is 32.9. The lowest BCUT2D eigenvalue weighted by Crippen LogP contribution is -2.62. The molecule has 6 N–H and O–H groups in total. The molecule has 0 spiro atoms. The summed E-state index contributed by atoms with van der Waals surface area (Å²) in [5.41, 5.74) is 5.77. The van der Waals surface area contributed by atoms with Crippen molar-refractivity contribution in [3.63, 3.8) is 0 Å². The minimum absolute atomic E-state index is 0.109. The monoisotopic (exact) mass is 390 g/mol.